The van der Waals surface area contributed by atoms with Crippen LogP contribution in [0, 0.1) is 0 Å². The minimum absolute atomic E-state index is 0.105. The molecule has 158 valence electrons. The normalized spacial score (nSPS) is 14.2. The molecule has 2 amide bonds. The molecule has 1 aromatic heterocycles. The van der Waals surface area contributed by atoms with Crippen LogP contribution in [0.15, 0.2) is 72.9 Å². The van der Waals surface area contributed by atoms with Gasteiger partial charge in [-0.1, -0.05) is 36.4 Å². The zero-order chi connectivity index (χ0) is 21.8. The Morgan fingerprint density at radius 1 is 0.871 bits per heavy atom. The number of phenols is 1. The summed E-state index contributed by atoms with van der Waals surface area (Å²) >= 11 is 0. The van der Waals surface area contributed by atoms with Gasteiger partial charge in [-0.15, -0.1) is 0 Å². The number of rotatable bonds is 8. The number of para-hydroxylation sites is 1. The van der Waals surface area contributed by atoms with Gasteiger partial charge in [0, 0.05) is 31.4 Å². The Balaban J connectivity index is 1.48. The number of pyridine rings is 1. The van der Waals surface area contributed by atoms with Gasteiger partial charge in [-0.2, -0.15) is 0 Å². The lowest BCUT2D eigenvalue weighted by Crippen LogP contribution is -2.42. The van der Waals surface area contributed by atoms with Crippen molar-refractivity contribution in [2.75, 3.05) is 13.1 Å². The van der Waals surface area contributed by atoms with E-state index in [1.54, 1.807) is 42.6 Å². The van der Waals surface area contributed by atoms with Crippen LogP contribution in [0.25, 0.3) is 0 Å². The van der Waals surface area contributed by atoms with Crippen molar-refractivity contribution in [3.63, 3.8) is 0 Å². The number of aromatic hydroxyl groups is 1. The summed E-state index contributed by atoms with van der Waals surface area (Å²) < 4.78 is 0. The fourth-order valence-corrected chi connectivity index (χ4v) is 3.76. The van der Waals surface area contributed by atoms with Gasteiger partial charge in [0.25, 0.3) is 11.8 Å². The number of hydrogen-bond donors (Lipinski definition) is 2. The molecule has 0 fully saturated rings. The van der Waals surface area contributed by atoms with Crippen LogP contribution < -0.4 is 0 Å². The van der Waals surface area contributed by atoms with Crippen LogP contribution in [0.3, 0.4) is 0 Å². The van der Waals surface area contributed by atoms with E-state index in [1.165, 1.54) is 0 Å². The van der Waals surface area contributed by atoms with Crippen LogP contribution in [0.4, 0.5) is 0 Å². The van der Waals surface area contributed by atoms with Crippen LogP contribution in [0.1, 0.15) is 32.0 Å². The van der Waals surface area contributed by atoms with Gasteiger partial charge in [0.05, 0.1) is 29.5 Å². The van der Waals surface area contributed by atoms with E-state index in [9.17, 15) is 19.8 Å². The van der Waals surface area contributed by atoms with Crippen molar-refractivity contribution < 1.29 is 19.8 Å². The molecule has 7 nitrogen and oxygen atoms in total. The third-order valence-corrected chi connectivity index (χ3v) is 5.24. The minimum Gasteiger partial charge on any atom is -0.508 e. The van der Waals surface area contributed by atoms with Gasteiger partial charge < -0.3 is 10.2 Å². The van der Waals surface area contributed by atoms with Gasteiger partial charge in [0.2, 0.25) is 0 Å². The maximum atomic E-state index is 12.6. The van der Waals surface area contributed by atoms with E-state index in [1.807, 2.05) is 35.2 Å². The molecule has 0 saturated heterocycles. The molecule has 0 aliphatic carbocycles. The average Bonchev–Trinajstić information content (AvgIpc) is 3.01. The van der Waals surface area contributed by atoms with E-state index < -0.39 is 17.9 Å². The standard InChI is InChI=1S/C24H23N3O4/c28-19(16-27-23(30)20-9-2-3-10-21(20)24(27)31)15-26(14-18-8-5-6-12-25-18)13-17-7-1-4-11-22(17)29/h1-12,19,28-29H,13-16H2. The molecule has 2 N–H and O–H groups in total. The van der Waals surface area contributed by atoms with Crippen LogP contribution >= 0.6 is 0 Å². The molecule has 7 heteroatoms. The molecular weight excluding hydrogens is 394 g/mol. The third-order valence-electron chi connectivity index (χ3n) is 5.24. The second-order valence-corrected chi connectivity index (χ2v) is 7.54. The smallest absolute Gasteiger partial charge is 0.261 e. The second kappa shape index (κ2) is 9.07. The summed E-state index contributed by atoms with van der Waals surface area (Å²) in [4.78, 5) is 32.5. The minimum atomic E-state index is -0.961. The van der Waals surface area contributed by atoms with E-state index in [-0.39, 0.29) is 18.8 Å². The highest BCUT2D eigenvalue weighted by Crippen LogP contribution is 2.23. The number of benzene rings is 2. The molecule has 4 rings (SSSR count). The summed E-state index contributed by atoms with van der Waals surface area (Å²) in [5.41, 5.74) is 2.25. The first-order valence-electron chi connectivity index (χ1n) is 10.1. The Morgan fingerprint density at radius 3 is 2.16 bits per heavy atom. The molecule has 0 saturated carbocycles. The van der Waals surface area contributed by atoms with Crippen molar-refractivity contribution in [1.82, 2.24) is 14.8 Å². The van der Waals surface area contributed by atoms with Gasteiger partial charge in [-0.25, -0.2) is 0 Å². The van der Waals surface area contributed by atoms with Crippen molar-refractivity contribution >= 4 is 11.8 Å². The van der Waals surface area contributed by atoms with Gasteiger partial charge in [0.15, 0.2) is 0 Å². The quantitative estimate of drug-likeness (QED) is 0.547. The molecule has 0 radical (unpaired) electrons. The number of nitrogens with zero attached hydrogens (tertiary/aromatic N) is 3. The zero-order valence-corrected chi connectivity index (χ0v) is 16.9. The summed E-state index contributed by atoms with van der Waals surface area (Å²) in [5, 5.41) is 20.9. The first kappa shape index (κ1) is 20.7. The lowest BCUT2D eigenvalue weighted by molar-refractivity contribution is 0.0456. The van der Waals surface area contributed by atoms with Crippen LogP contribution in [-0.4, -0.2) is 56.0 Å². The Kier molecular flexibility index (Phi) is 6.06. The highest BCUT2D eigenvalue weighted by Gasteiger charge is 2.36. The molecule has 3 aromatic rings. The first-order valence-corrected chi connectivity index (χ1v) is 10.1. The summed E-state index contributed by atoms with van der Waals surface area (Å²) in [6.45, 7) is 0.904. The summed E-state index contributed by atoms with van der Waals surface area (Å²) in [6.07, 6.45) is 0.736. The van der Waals surface area contributed by atoms with Crippen LogP contribution in [-0.2, 0) is 13.1 Å². The van der Waals surface area contributed by atoms with Gasteiger partial charge >= 0.3 is 0 Å². The van der Waals surface area contributed by atoms with Gasteiger partial charge in [-0.3, -0.25) is 24.4 Å². The van der Waals surface area contributed by atoms with Gasteiger partial charge in [-0.05, 0) is 30.3 Å². The lowest BCUT2D eigenvalue weighted by Gasteiger charge is -2.27. The third kappa shape index (κ3) is 4.63. The average molecular weight is 417 g/mol. The fourth-order valence-electron chi connectivity index (χ4n) is 3.76. The molecule has 0 spiro atoms. The topological polar surface area (TPSA) is 94.0 Å². The van der Waals surface area contributed by atoms with Gasteiger partial charge in [0.1, 0.15) is 5.75 Å². The van der Waals surface area contributed by atoms with E-state index in [4.69, 9.17) is 0 Å². The summed E-state index contributed by atoms with van der Waals surface area (Å²) in [5.74, 6) is -0.614. The lowest BCUT2D eigenvalue weighted by atomic mass is 10.1. The van der Waals surface area contributed by atoms with Crippen molar-refractivity contribution in [2.24, 2.45) is 0 Å². The maximum absolute atomic E-state index is 12.6. The van der Waals surface area contributed by atoms with E-state index in [2.05, 4.69) is 4.98 Å². The number of phenolic OH excluding ortho intramolecular Hbond substituents is 1. The van der Waals surface area contributed by atoms with Crippen molar-refractivity contribution in [3.8, 4) is 5.75 Å². The molecule has 1 aliphatic rings. The molecule has 2 heterocycles. The molecule has 0 bridgehead atoms. The van der Waals surface area contributed by atoms with Crippen LogP contribution in [0.5, 0.6) is 5.75 Å². The predicted octanol–water partition coefficient (Wildman–Crippen LogP) is 2.45. The Hall–Kier alpha value is -3.55. The first-order chi connectivity index (χ1) is 15.0. The molecule has 1 atom stereocenters. The Morgan fingerprint density at radius 2 is 1.52 bits per heavy atom. The number of β-amino-alcohol motifs (C(OH)–C–C–N with tert-alkyl or cyclic N) is 1. The largest absolute Gasteiger partial charge is 0.508 e. The summed E-state index contributed by atoms with van der Waals surface area (Å²) in [7, 11) is 0. The number of hydrogen-bond acceptors (Lipinski definition) is 6. The number of aliphatic hydroxyl groups is 1. The monoisotopic (exact) mass is 417 g/mol. The number of carbonyl (C=O) groups is 2. The zero-order valence-electron chi connectivity index (χ0n) is 16.9. The molecule has 31 heavy (non-hydrogen) atoms. The molecule has 1 unspecified atom stereocenters. The molecular formula is C24H23N3O4. The number of aliphatic hydroxyl groups excluding tert-OH is 1. The Labute approximate surface area is 180 Å². The number of amides is 2. The SMILES string of the molecule is O=C1c2ccccc2C(=O)N1CC(O)CN(Cc1ccccn1)Cc1ccccc1O. The maximum Gasteiger partial charge on any atom is 0.261 e. The fraction of sp³-hybridized carbons (Fsp3) is 0.208. The number of aromatic nitrogens is 1. The second-order valence-electron chi connectivity index (χ2n) is 7.54. The summed E-state index contributed by atoms with van der Waals surface area (Å²) in [6, 6.07) is 19.3. The van der Waals surface area contributed by atoms with Crippen molar-refractivity contribution in [1.29, 1.82) is 0 Å². The molecule has 2 aromatic carbocycles. The predicted molar refractivity (Wildman–Crippen MR) is 114 cm³/mol. The highest BCUT2D eigenvalue weighted by atomic mass is 16.3. The highest BCUT2D eigenvalue weighted by molar-refractivity contribution is 6.21. The van der Waals surface area contributed by atoms with E-state index in [0.717, 1.165) is 10.6 Å². The Bertz CT molecular complexity index is 1050. The van der Waals surface area contributed by atoms with Crippen molar-refractivity contribution in [2.45, 2.75) is 19.2 Å². The van der Waals surface area contributed by atoms with Crippen LogP contribution in [0.2, 0.25) is 0 Å². The van der Waals surface area contributed by atoms with E-state index in [0.29, 0.717) is 29.8 Å². The number of imide groups is 1. The van der Waals surface area contributed by atoms with E-state index >= 15 is 0 Å². The van der Waals surface area contributed by atoms with Crippen molar-refractivity contribution in [3.05, 3.63) is 95.3 Å². The number of fused-ring (bicyclic) bond motifs is 1. The number of carbonyl (C=O) groups excluding carboxylic acids is 2. The molecule has 1 aliphatic heterocycles.